The quantitative estimate of drug-likeness (QED) is 0.741. The van der Waals surface area contributed by atoms with E-state index in [0.29, 0.717) is 17.2 Å². The van der Waals surface area contributed by atoms with Crippen molar-refractivity contribution in [2.45, 2.75) is 58.5 Å². The summed E-state index contributed by atoms with van der Waals surface area (Å²) in [5, 5.41) is 8.18. The smallest absolute Gasteiger partial charge is 0.262 e. The van der Waals surface area contributed by atoms with Gasteiger partial charge in [-0.05, 0) is 53.0 Å². The van der Waals surface area contributed by atoms with Crippen molar-refractivity contribution in [2.24, 2.45) is 16.7 Å². The molecule has 2 N–H and O–H groups in total. The van der Waals surface area contributed by atoms with Gasteiger partial charge in [-0.2, -0.15) is 0 Å². The highest BCUT2D eigenvalue weighted by Crippen LogP contribution is 2.65. The second-order valence-electron chi connectivity index (χ2n) is 9.36. The molecule has 2 aliphatic rings. The Bertz CT molecular complexity index is 878. The van der Waals surface area contributed by atoms with Crippen molar-refractivity contribution in [1.29, 1.82) is 0 Å². The molecule has 1 aromatic carbocycles. The summed E-state index contributed by atoms with van der Waals surface area (Å²) in [6, 6.07) is 13.1. The van der Waals surface area contributed by atoms with Crippen molar-refractivity contribution in [2.75, 3.05) is 0 Å². The van der Waals surface area contributed by atoms with Crippen LogP contribution in [-0.2, 0) is 11.2 Å². The van der Waals surface area contributed by atoms with Crippen LogP contribution in [0.5, 0.6) is 0 Å². The first kappa shape index (κ1) is 20.1. The molecule has 2 fully saturated rings. The lowest BCUT2D eigenvalue weighted by atomic mass is 9.69. The Hall–Kier alpha value is -2.14. The van der Waals surface area contributed by atoms with Gasteiger partial charge in [0.15, 0.2) is 0 Å². The van der Waals surface area contributed by atoms with Crippen LogP contribution in [-0.4, -0.2) is 23.9 Å². The number of carbonyl (C=O) groups excluding carboxylic acids is 2. The maximum atomic E-state index is 13.3. The summed E-state index contributed by atoms with van der Waals surface area (Å²) in [5.41, 5.74) is 1.39. The van der Waals surface area contributed by atoms with Crippen molar-refractivity contribution >= 4 is 23.2 Å². The standard InChI is InChI=1S/C24H30N2O2S/c1-23(2)17-11-12-24(23,3)20(15-17)26-21(27)18(14-16-8-5-4-6-9-16)25-22(28)19-10-7-13-29-19/h4-10,13,17-18,20H,11-12,14-15H2,1-3H3,(H,25,28)(H,26,27)/t17?,18-,20?,24?/m0/s1. The van der Waals surface area contributed by atoms with E-state index in [2.05, 4.69) is 31.4 Å². The van der Waals surface area contributed by atoms with E-state index in [1.807, 2.05) is 41.8 Å². The molecule has 2 aliphatic carbocycles. The van der Waals surface area contributed by atoms with Crippen molar-refractivity contribution in [3.63, 3.8) is 0 Å². The van der Waals surface area contributed by atoms with Crippen molar-refractivity contribution in [3.8, 4) is 0 Å². The Morgan fingerprint density at radius 1 is 1.14 bits per heavy atom. The fourth-order valence-corrected chi connectivity index (χ4v) is 6.02. The molecule has 0 radical (unpaired) electrons. The minimum Gasteiger partial charge on any atom is -0.351 e. The van der Waals surface area contributed by atoms with Gasteiger partial charge in [0.2, 0.25) is 5.91 Å². The molecule has 154 valence electrons. The number of hydrogen-bond donors (Lipinski definition) is 2. The molecule has 4 rings (SSSR count). The zero-order valence-electron chi connectivity index (χ0n) is 17.4. The van der Waals surface area contributed by atoms with Crippen LogP contribution in [0, 0.1) is 16.7 Å². The summed E-state index contributed by atoms with van der Waals surface area (Å²) in [7, 11) is 0. The lowest BCUT2D eigenvalue weighted by molar-refractivity contribution is -0.124. The fraction of sp³-hybridized carbons (Fsp3) is 0.500. The van der Waals surface area contributed by atoms with Crippen LogP contribution < -0.4 is 10.6 Å². The molecule has 0 spiro atoms. The molecule has 0 aliphatic heterocycles. The predicted molar refractivity (Wildman–Crippen MR) is 117 cm³/mol. The van der Waals surface area contributed by atoms with Crippen LogP contribution in [0.25, 0.3) is 0 Å². The monoisotopic (exact) mass is 410 g/mol. The van der Waals surface area contributed by atoms with Crippen molar-refractivity contribution < 1.29 is 9.59 Å². The highest BCUT2D eigenvalue weighted by molar-refractivity contribution is 7.12. The maximum absolute atomic E-state index is 13.3. The molecule has 2 aromatic rings. The first-order chi connectivity index (χ1) is 13.8. The average Bonchev–Trinajstić information content (AvgIpc) is 3.35. The summed E-state index contributed by atoms with van der Waals surface area (Å²) >= 11 is 1.39. The van der Waals surface area contributed by atoms with E-state index in [1.165, 1.54) is 17.8 Å². The Morgan fingerprint density at radius 2 is 1.90 bits per heavy atom. The molecule has 3 unspecified atom stereocenters. The molecular formula is C24H30N2O2S. The molecule has 5 heteroatoms. The first-order valence-electron chi connectivity index (χ1n) is 10.5. The summed E-state index contributed by atoms with van der Waals surface area (Å²) in [6.45, 7) is 7.01. The van der Waals surface area contributed by atoms with Crippen LogP contribution in [0.1, 0.15) is 55.3 Å². The molecule has 0 saturated heterocycles. The van der Waals surface area contributed by atoms with Crippen LogP contribution in [0.3, 0.4) is 0 Å². The number of nitrogens with one attached hydrogen (secondary N) is 2. The van der Waals surface area contributed by atoms with Gasteiger partial charge in [-0.25, -0.2) is 0 Å². The molecule has 1 aromatic heterocycles. The largest absolute Gasteiger partial charge is 0.351 e. The average molecular weight is 411 g/mol. The lowest BCUT2D eigenvalue weighted by Crippen LogP contribution is -2.54. The molecule has 2 saturated carbocycles. The molecular weight excluding hydrogens is 380 g/mol. The van der Waals surface area contributed by atoms with Gasteiger partial charge >= 0.3 is 0 Å². The first-order valence-corrected chi connectivity index (χ1v) is 11.4. The minimum absolute atomic E-state index is 0.0756. The van der Waals surface area contributed by atoms with E-state index < -0.39 is 6.04 Å². The molecule has 1 heterocycles. The normalized spacial score (nSPS) is 28.1. The predicted octanol–water partition coefficient (Wildman–Crippen LogP) is 4.42. The van der Waals surface area contributed by atoms with Gasteiger partial charge in [-0.1, -0.05) is 57.2 Å². The van der Waals surface area contributed by atoms with E-state index in [9.17, 15) is 9.59 Å². The van der Waals surface area contributed by atoms with Gasteiger partial charge in [0.05, 0.1) is 4.88 Å². The van der Waals surface area contributed by atoms with Gasteiger partial charge < -0.3 is 10.6 Å². The number of hydrogen-bond acceptors (Lipinski definition) is 3. The third-order valence-electron chi connectivity index (χ3n) is 7.76. The number of fused-ring (bicyclic) bond motifs is 2. The summed E-state index contributed by atoms with van der Waals surface area (Å²) in [5.74, 6) is 0.398. The zero-order chi connectivity index (χ0) is 20.6. The zero-order valence-corrected chi connectivity index (χ0v) is 18.2. The van der Waals surface area contributed by atoms with E-state index >= 15 is 0 Å². The summed E-state index contributed by atoms with van der Waals surface area (Å²) in [6.07, 6.45) is 3.92. The number of rotatable bonds is 6. The Balaban J connectivity index is 1.51. The van der Waals surface area contributed by atoms with Crippen molar-refractivity contribution in [1.82, 2.24) is 10.6 Å². The molecule has 29 heavy (non-hydrogen) atoms. The molecule has 2 amide bonds. The topological polar surface area (TPSA) is 58.2 Å². The fourth-order valence-electron chi connectivity index (χ4n) is 5.39. The van der Waals surface area contributed by atoms with Gasteiger partial charge in [-0.3, -0.25) is 9.59 Å². The third-order valence-corrected chi connectivity index (χ3v) is 8.63. The lowest BCUT2D eigenvalue weighted by Gasteiger charge is -2.40. The minimum atomic E-state index is -0.585. The highest BCUT2D eigenvalue weighted by Gasteiger charge is 2.61. The number of carbonyl (C=O) groups is 2. The molecule has 4 atom stereocenters. The third kappa shape index (κ3) is 3.61. The van der Waals surface area contributed by atoms with Gasteiger partial charge in [0.1, 0.15) is 6.04 Å². The van der Waals surface area contributed by atoms with Gasteiger partial charge in [0, 0.05) is 12.5 Å². The molecule has 2 bridgehead atoms. The van der Waals surface area contributed by atoms with Gasteiger partial charge in [-0.15, -0.1) is 11.3 Å². The van der Waals surface area contributed by atoms with Crippen LogP contribution >= 0.6 is 11.3 Å². The van der Waals surface area contributed by atoms with E-state index in [0.717, 1.165) is 18.4 Å². The highest BCUT2D eigenvalue weighted by atomic mass is 32.1. The Kier molecular flexibility index (Phi) is 5.28. The Labute approximate surface area is 177 Å². The number of thiophene rings is 1. The van der Waals surface area contributed by atoms with E-state index in [1.54, 1.807) is 6.07 Å². The Morgan fingerprint density at radius 3 is 2.48 bits per heavy atom. The van der Waals surface area contributed by atoms with Crippen LogP contribution in [0.4, 0.5) is 0 Å². The molecule has 4 nitrogen and oxygen atoms in total. The van der Waals surface area contributed by atoms with E-state index in [-0.39, 0.29) is 28.7 Å². The second-order valence-corrected chi connectivity index (χ2v) is 10.3. The number of benzene rings is 1. The summed E-state index contributed by atoms with van der Waals surface area (Å²) in [4.78, 5) is 26.6. The second kappa shape index (κ2) is 7.60. The van der Waals surface area contributed by atoms with Gasteiger partial charge in [0.25, 0.3) is 5.91 Å². The SMILES string of the molecule is CC1(C)C2CCC1(C)C(NC(=O)[C@H](Cc1ccccc1)NC(=O)c1cccs1)C2. The maximum Gasteiger partial charge on any atom is 0.262 e. The van der Waals surface area contributed by atoms with Crippen LogP contribution in [0.15, 0.2) is 47.8 Å². The van der Waals surface area contributed by atoms with Crippen molar-refractivity contribution in [3.05, 3.63) is 58.3 Å². The summed E-state index contributed by atoms with van der Waals surface area (Å²) < 4.78 is 0. The van der Waals surface area contributed by atoms with Crippen LogP contribution in [0.2, 0.25) is 0 Å². The van der Waals surface area contributed by atoms with E-state index in [4.69, 9.17) is 0 Å². The number of amides is 2.